The number of methoxy groups -OCH3 is 1. The van der Waals surface area contributed by atoms with Crippen molar-refractivity contribution in [1.29, 1.82) is 0 Å². The molecule has 3 nitrogen and oxygen atoms in total. The fourth-order valence-corrected chi connectivity index (χ4v) is 9.79. The van der Waals surface area contributed by atoms with Crippen molar-refractivity contribution in [2.24, 2.45) is 0 Å². The molecule has 6 heteroatoms. The minimum Gasteiger partial charge on any atom is -0.507 e. The molecule has 0 amide bonds. The Bertz CT molecular complexity index is 923. The molecule has 0 aromatic heterocycles. The number of fused-ring (bicyclic) bond motifs is 1. The quantitative estimate of drug-likeness (QED) is 0.304. The van der Waals surface area contributed by atoms with Gasteiger partial charge in [-0.15, -0.1) is 5.54 Å². The number of phenols is 1. The van der Waals surface area contributed by atoms with Crippen LogP contribution in [0.25, 0.3) is 10.8 Å². The molecule has 2 aromatic carbocycles. The van der Waals surface area contributed by atoms with Gasteiger partial charge in [-0.25, -0.2) is 4.39 Å². The van der Waals surface area contributed by atoms with E-state index in [-0.39, 0.29) is 23.1 Å². The third kappa shape index (κ3) is 4.55. The smallest absolute Gasteiger partial charge is 0.188 e. The molecular weight excluding hydrogens is 407 g/mol. The first-order valence-electron chi connectivity index (χ1n) is 9.85. The second-order valence-corrected chi connectivity index (χ2v) is 14.3. The Kier molecular flexibility index (Phi) is 7.61. The Labute approximate surface area is 179 Å². The van der Waals surface area contributed by atoms with Gasteiger partial charge in [0.2, 0.25) is 0 Å². The lowest BCUT2D eigenvalue weighted by atomic mass is 10.0. The van der Waals surface area contributed by atoms with Crippen molar-refractivity contribution in [3.8, 4) is 23.0 Å². The normalized spacial score (nSPS) is 12.0. The molecule has 0 aliphatic heterocycles. The summed E-state index contributed by atoms with van der Waals surface area (Å²) in [6.07, 6.45) is 0. The first-order chi connectivity index (χ1) is 13.6. The minimum absolute atomic E-state index is 0.0315. The first kappa shape index (κ1) is 23.5. The Morgan fingerprint density at radius 3 is 2.17 bits per heavy atom. The van der Waals surface area contributed by atoms with Crippen molar-refractivity contribution in [3.63, 3.8) is 0 Å². The van der Waals surface area contributed by atoms with Crippen molar-refractivity contribution in [2.75, 3.05) is 13.9 Å². The Balaban J connectivity index is 2.76. The second kappa shape index (κ2) is 9.38. The lowest BCUT2D eigenvalue weighted by Crippen LogP contribution is -2.43. The second-order valence-electron chi connectivity index (χ2n) is 8.29. The number of aromatic hydroxyl groups is 1. The fraction of sp³-hybridized carbons (Fsp3) is 0.478. The van der Waals surface area contributed by atoms with Crippen LogP contribution in [0.1, 0.15) is 47.1 Å². The molecule has 0 aliphatic carbocycles. The largest absolute Gasteiger partial charge is 0.507 e. The minimum atomic E-state index is -2.08. The summed E-state index contributed by atoms with van der Waals surface area (Å²) >= 11 is 6.16. The zero-order valence-corrected chi connectivity index (χ0v) is 19.9. The van der Waals surface area contributed by atoms with Crippen LogP contribution in [0.2, 0.25) is 21.6 Å². The molecule has 0 saturated heterocycles. The average Bonchev–Trinajstić information content (AvgIpc) is 2.62. The molecular formula is C23H30ClFO3Si. The van der Waals surface area contributed by atoms with E-state index < -0.39 is 13.9 Å². The molecule has 2 aromatic rings. The van der Waals surface area contributed by atoms with Gasteiger partial charge in [0.05, 0.1) is 10.6 Å². The molecule has 2 rings (SSSR count). The van der Waals surface area contributed by atoms with E-state index in [0.29, 0.717) is 33.1 Å². The highest BCUT2D eigenvalue weighted by molar-refractivity contribution is 6.90. The molecule has 0 unspecified atom stereocenters. The standard InChI is InChI=1S/C23H30ClFO3Si/c1-14(2)29(15(3)4,16(5)6)9-8-19-22-17(11-20(24)23(19)25)10-18(12-21(22)26)28-13-27-7/h10-12,14-16,26H,13H2,1-7H3. The van der Waals surface area contributed by atoms with Crippen LogP contribution in [-0.4, -0.2) is 27.1 Å². The molecule has 1 N–H and O–H groups in total. The number of hydrogen-bond donors (Lipinski definition) is 1. The summed E-state index contributed by atoms with van der Waals surface area (Å²) in [5.41, 5.74) is 4.88. The number of benzene rings is 2. The van der Waals surface area contributed by atoms with Crippen molar-refractivity contribution in [3.05, 3.63) is 34.6 Å². The summed E-state index contributed by atoms with van der Waals surface area (Å²) in [5, 5.41) is 11.5. The first-order valence-corrected chi connectivity index (χ1v) is 12.5. The molecule has 0 aliphatic rings. The van der Waals surface area contributed by atoms with E-state index >= 15 is 4.39 Å². The topological polar surface area (TPSA) is 38.7 Å². The molecule has 158 valence electrons. The molecule has 0 spiro atoms. The third-order valence-electron chi connectivity index (χ3n) is 5.70. The molecule has 0 heterocycles. The van der Waals surface area contributed by atoms with Gasteiger partial charge < -0.3 is 14.6 Å². The van der Waals surface area contributed by atoms with Crippen LogP contribution in [-0.2, 0) is 4.74 Å². The summed E-state index contributed by atoms with van der Waals surface area (Å²) in [5.74, 6) is 2.82. The van der Waals surface area contributed by atoms with Gasteiger partial charge in [0, 0.05) is 18.6 Å². The van der Waals surface area contributed by atoms with Gasteiger partial charge >= 0.3 is 0 Å². The molecule has 29 heavy (non-hydrogen) atoms. The zero-order chi connectivity index (χ0) is 21.9. The van der Waals surface area contributed by atoms with Crippen LogP contribution in [0.4, 0.5) is 4.39 Å². The van der Waals surface area contributed by atoms with Gasteiger partial charge in [-0.2, -0.15) is 0 Å². The molecule has 0 saturated carbocycles. The van der Waals surface area contributed by atoms with E-state index in [4.69, 9.17) is 21.1 Å². The Hall–Kier alpha value is -1.74. The number of phenolic OH excluding ortho intramolecular Hbond substituents is 1. The molecule has 0 bridgehead atoms. The van der Waals surface area contributed by atoms with Gasteiger partial charge in [-0.3, -0.25) is 0 Å². The van der Waals surface area contributed by atoms with E-state index in [2.05, 4.69) is 53.0 Å². The monoisotopic (exact) mass is 436 g/mol. The average molecular weight is 437 g/mol. The Morgan fingerprint density at radius 2 is 1.66 bits per heavy atom. The van der Waals surface area contributed by atoms with E-state index in [1.165, 1.54) is 19.2 Å². The highest BCUT2D eigenvalue weighted by Gasteiger charge is 2.41. The maximum absolute atomic E-state index is 15.0. The number of halogens is 2. The van der Waals surface area contributed by atoms with E-state index in [9.17, 15) is 5.11 Å². The van der Waals surface area contributed by atoms with Gasteiger partial charge in [0.15, 0.2) is 12.6 Å². The maximum atomic E-state index is 15.0. The summed E-state index contributed by atoms with van der Waals surface area (Å²) < 4.78 is 25.3. The van der Waals surface area contributed by atoms with Crippen molar-refractivity contribution < 1.29 is 19.0 Å². The number of rotatable bonds is 6. The Morgan fingerprint density at radius 1 is 1.07 bits per heavy atom. The summed E-state index contributed by atoms with van der Waals surface area (Å²) in [6, 6.07) is 4.62. The lowest BCUT2D eigenvalue weighted by molar-refractivity contribution is 0.0511. The van der Waals surface area contributed by atoms with Crippen molar-refractivity contribution in [1.82, 2.24) is 0 Å². The number of ether oxygens (including phenoxy) is 2. The van der Waals surface area contributed by atoms with Crippen molar-refractivity contribution >= 4 is 30.4 Å². The van der Waals surface area contributed by atoms with Crippen LogP contribution in [0.3, 0.4) is 0 Å². The van der Waals surface area contributed by atoms with Gasteiger partial charge in [-0.05, 0) is 34.1 Å². The van der Waals surface area contributed by atoms with Gasteiger partial charge in [-0.1, -0.05) is 59.1 Å². The fourth-order valence-electron chi connectivity index (χ4n) is 4.37. The van der Waals surface area contributed by atoms with Gasteiger partial charge in [0.1, 0.15) is 19.6 Å². The van der Waals surface area contributed by atoms with Crippen LogP contribution >= 0.6 is 11.6 Å². The molecule has 0 radical (unpaired) electrons. The summed E-state index contributed by atoms with van der Waals surface area (Å²) in [4.78, 5) is 0. The predicted molar refractivity (Wildman–Crippen MR) is 121 cm³/mol. The van der Waals surface area contributed by atoms with Crippen molar-refractivity contribution in [2.45, 2.75) is 58.2 Å². The van der Waals surface area contributed by atoms with Crippen LogP contribution < -0.4 is 4.74 Å². The molecule has 0 fully saturated rings. The number of hydrogen-bond acceptors (Lipinski definition) is 3. The predicted octanol–water partition coefficient (Wildman–Crippen LogP) is 6.89. The maximum Gasteiger partial charge on any atom is 0.188 e. The van der Waals surface area contributed by atoms with Gasteiger partial charge in [0.25, 0.3) is 0 Å². The third-order valence-corrected chi connectivity index (χ3v) is 12.3. The highest BCUT2D eigenvalue weighted by Crippen LogP contribution is 2.41. The zero-order valence-electron chi connectivity index (χ0n) is 18.2. The summed E-state index contributed by atoms with van der Waals surface area (Å²) in [7, 11) is -0.569. The molecule has 0 atom stereocenters. The summed E-state index contributed by atoms with van der Waals surface area (Å²) in [6.45, 7) is 13.2. The lowest BCUT2D eigenvalue weighted by Gasteiger charge is -2.38. The van der Waals surface area contributed by atoms with Crippen LogP contribution in [0.5, 0.6) is 11.5 Å². The SMILES string of the molecule is COCOc1cc(O)c2c(C#C[Si](C(C)C)(C(C)C)C(C)C)c(F)c(Cl)cc2c1. The van der Waals surface area contributed by atoms with Crippen LogP contribution in [0, 0.1) is 17.3 Å². The van der Waals surface area contributed by atoms with E-state index in [1.807, 2.05) is 0 Å². The van der Waals surface area contributed by atoms with E-state index in [0.717, 1.165) is 0 Å². The van der Waals surface area contributed by atoms with Crippen LogP contribution in [0.15, 0.2) is 18.2 Å². The van der Waals surface area contributed by atoms with E-state index in [1.54, 1.807) is 6.07 Å². The highest BCUT2D eigenvalue weighted by atomic mass is 35.5.